The zero-order valence-electron chi connectivity index (χ0n) is 17.2. The van der Waals surface area contributed by atoms with Gasteiger partial charge in [-0.1, -0.05) is 0 Å². The fraction of sp³-hybridized carbons (Fsp3) is 0.154. The van der Waals surface area contributed by atoms with Crippen molar-refractivity contribution in [1.29, 1.82) is 0 Å². The Hall–Kier alpha value is -2.10. The van der Waals surface area contributed by atoms with E-state index in [9.17, 15) is 0 Å². The van der Waals surface area contributed by atoms with Crippen LogP contribution >= 0.6 is 0 Å². The summed E-state index contributed by atoms with van der Waals surface area (Å²) in [5.41, 5.74) is 1.99. The number of benzene rings is 4. The second kappa shape index (κ2) is 7.20. The maximum atomic E-state index is 15.9. The first-order valence-electron chi connectivity index (χ1n) is 10.4. The van der Waals surface area contributed by atoms with Crippen molar-refractivity contribution in [3.63, 3.8) is 0 Å². The molecule has 0 amide bonds. The van der Waals surface area contributed by atoms with Crippen molar-refractivity contribution in [2.75, 3.05) is 0 Å². The molecule has 32 heavy (non-hydrogen) atoms. The summed E-state index contributed by atoms with van der Waals surface area (Å²) in [5, 5.41) is 0.322. The van der Waals surface area contributed by atoms with Crippen LogP contribution in [0.5, 0.6) is 0 Å². The van der Waals surface area contributed by atoms with Crippen molar-refractivity contribution >= 4 is 78.4 Å². The molecule has 6 rings (SSSR count). The van der Waals surface area contributed by atoms with E-state index < -0.39 is 63.0 Å². The fourth-order valence-electron chi connectivity index (χ4n) is 4.58. The normalized spacial score (nSPS) is 12.3. The summed E-state index contributed by atoms with van der Waals surface area (Å²) in [6, 6.07) is 11.4. The summed E-state index contributed by atoms with van der Waals surface area (Å²) in [6.07, 6.45) is 1.50. The topological polar surface area (TPSA) is 0 Å². The van der Waals surface area contributed by atoms with Gasteiger partial charge in [0.1, 0.15) is 0 Å². The van der Waals surface area contributed by atoms with E-state index in [1.54, 1.807) is 0 Å². The van der Waals surface area contributed by atoms with Crippen molar-refractivity contribution < 1.29 is 17.6 Å². The monoisotopic (exact) mass is 564 g/mol. The molecular weight excluding hydrogens is 546 g/mol. The molecule has 0 atom stereocenters. The molecule has 0 aliphatic carbocycles. The van der Waals surface area contributed by atoms with Gasteiger partial charge in [-0.05, 0) is 0 Å². The third kappa shape index (κ3) is 2.61. The minimum absolute atomic E-state index is 0.101. The molecule has 160 valence electrons. The molecule has 4 aromatic carbocycles. The summed E-state index contributed by atoms with van der Waals surface area (Å²) in [6.45, 7) is 3.98. The Morgan fingerprint density at radius 2 is 0.969 bits per heavy atom. The van der Waals surface area contributed by atoms with E-state index in [1.165, 1.54) is 0 Å². The van der Waals surface area contributed by atoms with Crippen LogP contribution in [0.3, 0.4) is 0 Å². The first kappa shape index (κ1) is 20.5. The van der Waals surface area contributed by atoms with Gasteiger partial charge < -0.3 is 0 Å². The Labute approximate surface area is 192 Å². The van der Waals surface area contributed by atoms with Gasteiger partial charge in [-0.3, -0.25) is 0 Å². The third-order valence-electron chi connectivity index (χ3n) is 6.29. The van der Waals surface area contributed by atoms with Crippen LogP contribution in [0.4, 0.5) is 17.6 Å². The van der Waals surface area contributed by atoms with E-state index in [2.05, 4.69) is 0 Å². The van der Waals surface area contributed by atoms with E-state index in [0.29, 0.717) is 10.8 Å². The van der Waals surface area contributed by atoms with Crippen LogP contribution in [0.1, 0.15) is 25.0 Å². The molecule has 0 saturated carbocycles. The van der Waals surface area contributed by atoms with Gasteiger partial charge in [0.15, 0.2) is 0 Å². The molecule has 0 fully saturated rings. The van der Waals surface area contributed by atoms with Crippen LogP contribution in [-0.2, 0) is 12.8 Å². The molecule has 0 nitrogen and oxygen atoms in total. The molecule has 0 unspecified atom stereocenters. The van der Waals surface area contributed by atoms with Gasteiger partial charge in [0.25, 0.3) is 0 Å². The number of fused-ring (bicyclic) bond motifs is 7. The third-order valence-corrected chi connectivity index (χ3v) is 11.2. The summed E-state index contributed by atoms with van der Waals surface area (Å²) in [4.78, 5) is 0. The second-order valence-electron chi connectivity index (χ2n) is 7.99. The molecule has 6 heteroatoms. The minimum atomic E-state index is -0.850. The summed E-state index contributed by atoms with van der Waals surface area (Å²) in [7, 11) is 0. The number of hydrogen-bond donors (Lipinski definition) is 0. The molecule has 0 N–H and O–H groups in total. The molecule has 0 bridgehead atoms. The molecule has 2 aromatic heterocycles. The molecule has 0 spiro atoms. The van der Waals surface area contributed by atoms with Crippen LogP contribution in [0.25, 0.3) is 49.4 Å². The Morgan fingerprint density at radius 1 is 0.562 bits per heavy atom. The van der Waals surface area contributed by atoms with Gasteiger partial charge >= 0.3 is 193 Å². The number of aryl methyl sites for hydroxylation is 2. The van der Waals surface area contributed by atoms with E-state index in [-0.39, 0.29) is 19.3 Å². The van der Waals surface area contributed by atoms with Gasteiger partial charge in [-0.25, -0.2) is 0 Å². The van der Waals surface area contributed by atoms with Gasteiger partial charge in [-0.2, -0.15) is 0 Å². The SMILES string of the molecule is CCc1ccc2[se]c3c(F)c4c(F)c5[se]c6ccc(CC)cc6c5c(F)c4c(F)c3c2c1. The Bertz CT molecular complexity index is 1620. The summed E-state index contributed by atoms with van der Waals surface area (Å²) in [5.74, 6) is -3.33. The van der Waals surface area contributed by atoms with E-state index in [1.807, 2.05) is 50.2 Å². The number of hydrogen-bond acceptors (Lipinski definition) is 0. The fourth-order valence-corrected chi connectivity index (χ4v) is 9.28. The van der Waals surface area contributed by atoms with Gasteiger partial charge in [0, 0.05) is 0 Å². The quantitative estimate of drug-likeness (QED) is 0.154. The van der Waals surface area contributed by atoms with Gasteiger partial charge in [0.05, 0.1) is 0 Å². The van der Waals surface area contributed by atoms with Crippen LogP contribution in [0.2, 0.25) is 0 Å². The van der Waals surface area contributed by atoms with Crippen LogP contribution < -0.4 is 0 Å². The molecule has 6 aromatic rings. The van der Waals surface area contributed by atoms with Gasteiger partial charge in [-0.15, -0.1) is 0 Å². The summed E-state index contributed by atoms with van der Waals surface area (Å²) >= 11 is -0.996. The average molecular weight is 562 g/mol. The van der Waals surface area contributed by atoms with Crippen LogP contribution in [-0.4, -0.2) is 29.0 Å². The Balaban J connectivity index is 1.88. The molecule has 0 aliphatic rings. The predicted molar refractivity (Wildman–Crippen MR) is 126 cm³/mol. The zero-order valence-corrected chi connectivity index (χ0v) is 20.6. The van der Waals surface area contributed by atoms with Crippen molar-refractivity contribution in [1.82, 2.24) is 0 Å². The van der Waals surface area contributed by atoms with E-state index in [0.717, 1.165) is 32.5 Å². The zero-order chi connectivity index (χ0) is 22.3. The van der Waals surface area contributed by atoms with Gasteiger partial charge in [0.2, 0.25) is 0 Å². The molecule has 0 radical (unpaired) electrons. The molecular formula is C26H16F4Se2. The maximum absolute atomic E-state index is 15.9. The Morgan fingerprint density at radius 3 is 1.38 bits per heavy atom. The van der Waals surface area contributed by atoms with Crippen LogP contribution in [0, 0.1) is 23.3 Å². The van der Waals surface area contributed by atoms with E-state index in [4.69, 9.17) is 0 Å². The predicted octanol–water partition coefficient (Wildman–Crippen LogP) is 7.25. The second-order valence-corrected chi connectivity index (χ2v) is 12.4. The van der Waals surface area contributed by atoms with Crippen LogP contribution in [0.15, 0.2) is 36.4 Å². The van der Waals surface area contributed by atoms with Crippen molar-refractivity contribution in [3.8, 4) is 0 Å². The molecule has 0 aliphatic heterocycles. The van der Waals surface area contributed by atoms with E-state index >= 15 is 17.6 Å². The number of rotatable bonds is 2. The van der Waals surface area contributed by atoms with Crippen molar-refractivity contribution in [3.05, 3.63) is 70.8 Å². The standard InChI is InChI=1S/C26H16F4Se2/c1-3-11-5-7-15-13(9-11)17-21(27)19-20(23(29)25(17)31-15)24(30)26-18(22(19)28)14-10-12(4-2)6-8-16(14)32-26/h5-10H,3-4H2,1-2H3. The summed E-state index contributed by atoms with van der Waals surface area (Å²) < 4.78 is 65.3. The van der Waals surface area contributed by atoms with Crippen molar-refractivity contribution in [2.24, 2.45) is 0 Å². The number of halogens is 4. The first-order chi connectivity index (χ1) is 15.4. The Kier molecular flexibility index (Phi) is 4.61. The molecule has 0 saturated heterocycles. The molecule has 2 heterocycles. The average Bonchev–Trinajstić information content (AvgIpc) is 3.38. The van der Waals surface area contributed by atoms with Crippen molar-refractivity contribution in [2.45, 2.75) is 26.7 Å². The first-order valence-corrected chi connectivity index (χ1v) is 13.8.